The molecule has 18 aromatic carbocycles. The van der Waals surface area contributed by atoms with Gasteiger partial charge in [-0.25, -0.2) is 0 Å². The molecule has 8 heteroatoms. The maximum absolute atomic E-state index is 14.3. The average molecular weight is 1620 g/mol. The molecule has 0 saturated carbocycles. The zero-order valence-electron chi connectivity index (χ0n) is 68.8. The fourth-order valence-electron chi connectivity index (χ4n) is 20.3. The lowest BCUT2D eigenvalue weighted by Crippen LogP contribution is -2.16. The van der Waals surface area contributed by atoms with Gasteiger partial charge in [0.25, 0.3) is 0 Å². The SMILES string of the molecule is N#Cc1c(-n2c3ccc(-c4ccccc4)cc3c3cc(-c4ccccc4)ccc32)c(-n2c3ccc(-c4ccccc4)cc3c3cc(-c4ccccc4)ccc32)c(-c2ccc(-n3c4ccncc4c4cnccc43)cc2)c(-n2c3ccc(-c4ccccc4)cc3c3cc(-c4ccccc4)ccc32)c1-n1c2ccc(-c3ccccc3)cc2c2cc(-c3ccccc3)ccc21. The molecule has 0 aliphatic heterocycles. The Balaban J connectivity index is 0.942. The van der Waals surface area contributed by atoms with E-state index in [-0.39, 0.29) is 0 Å². The predicted molar refractivity (Wildman–Crippen MR) is 527 cm³/mol. The van der Waals surface area contributed by atoms with Crippen molar-refractivity contribution in [3.05, 3.63) is 455 Å². The highest BCUT2D eigenvalue weighted by Gasteiger charge is 2.36. The Bertz CT molecular complexity index is 7900. The quantitative estimate of drug-likeness (QED) is 0.109. The first-order valence-electron chi connectivity index (χ1n) is 43.2. The Kier molecular flexibility index (Phi) is 16.9. The first-order valence-corrected chi connectivity index (χ1v) is 43.2. The third kappa shape index (κ3) is 11.8. The largest absolute Gasteiger partial charge is 0.309 e. The average Bonchev–Trinajstić information content (AvgIpc) is 1.53. The van der Waals surface area contributed by atoms with Crippen LogP contribution in [0.5, 0.6) is 0 Å². The van der Waals surface area contributed by atoms with Gasteiger partial charge in [0, 0.05) is 89.9 Å². The van der Waals surface area contributed by atoms with Gasteiger partial charge in [0.2, 0.25) is 0 Å². The lowest BCUT2D eigenvalue weighted by molar-refractivity contribution is 1.04. The highest BCUT2D eigenvalue weighted by Crippen LogP contribution is 2.55. The first-order chi connectivity index (χ1) is 63.0. The van der Waals surface area contributed by atoms with Crippen molar-refractivity contribution in [3.63, 3.8) is 0 Å². The standard InChI is InChI=1S/C119H74N8/c120-73-102-116(124-105-53-43-85(76-25-9-1-10-26-76)65-94(105)95-66-86(44-54-106(95)124)77-27-11-2-12-28-77)118(126-109-57-47-89(80-33-17-5-18-34-80)69-98(109)99-70-90(48-58-110(99)126)81-35-19-6-20-36-81)115(84-41-51-93(52-42-84)123-113-61-63-121-74-103(113)104-75-122-64-62-114(104)123)119(127-111-59-49-91(82-37-21-7-22-38-82)71-100(111)101-72-92(50-60-112(101)127)83-39-23-8-24-40-83)117(102)125-107-55-45-87(78-29-13-3-14-30-78)67-96(107)97-68-88(46-56-108(97)125)79-31-15-4-16-32-79/h1-72,74-75H. The van der Waals surface area contributed by atoms with Crippen LogP contribution in [0.1, 0.15) is 5.56 Å². The predicted octanol–water partition coefficient (Wildman–Crippen LogP) is 30.8. The molecule has 0 aliphatic carbocycles. The van der Waals surface area contributed by atoms with E-state index in [0.717, 1.165) is 226 Å². The molecule has 0 fully saturated rings. The second-order valence-electron chi connectivity index (χ2n) is 33.0. The van der Waals surface area contributed by atoms with Crippen LogP contribution >= 0.6 is 0 Å². The number of hydrogen-bond donors (Lipinski definition) is 0. The molecule has 8 nitrogen and oxygen atoms in total. The van der Waals surface area contributed by atoms with Gasteiger partial charge >= 0.3 is 0 Å². The second-order valence-corrected chi connectivity index (χ2v) is 33.0. The van der Waals surface area contributed by atoms with E-state index >= 15 is 0 Å². The summed E-state index contributed by atoms with van der Waals surface area (Å²) in [5.74, 6) is 0. The van der Waals surface area contributed by atoms with Gasteiger partial charge < -0.3 is 22.8 Å². The minimum absolute atomic E-state index is 0.447. The van der Waals surface area contributed by atoms with Crippen molar-refractivity contribution in [3.8, 4) is 135 Å². The highest BCUT2D eigenvalue weighted by atomic mass is 15.1. The molecule has 0 aliphatic rings. The second kappa shape index (κ2) is 29.5. The summed E-state index contributed by atoms with van der Waals surface area (Å²) in [4.78, 5) is 9.41. The van der Waals surface area contributed by atoms with Crippen LogP contribution in [0.2, 0.25) is 0 Å². The molecule has 7 aromatic heterocycles. The summed E-state index contributed by atoms with van der Waals surface area (Å²) < 4.78 is 12.4. The van der Waals surface area contributed by atoms with Crippen molar-refractivity contribution in [2.75, 3.05) is 0 Å². The van der Waals surface area contributed by atoms with Crippen LogP contribution in [-0.4, -0.2) is 32.8 Å². The summed E-state index contributed by atoms with van der Waals surface area (Å²) in [6, 6.07) is 159. The molecule has 25 aromatic rings. The van der Waals surface area contributed by atoms with Crippen LogP contribution in [0.4, 0.5) is 0 Å². The minimum Gasteiger partial charge on any atom is -0.309 e. The van der Waals surface area contributed by atoms with Gasteiger partial charge in [-0.05, 0) is 216 Å². The van der Waals surface area contributed by atoms with Gasteiger partial charge in [-0.1, -0.05) is 303 Å². The lowest BCUT2D eigenvalue weighted by Gasteiger charge is -2.29. The highest BCUT2D eigenvalue weighted by molar-refractivity contribution is 6.20. The van der Waals surface area contributed by atoms with Gasteiger partial charge in [0.05, 0.1) is 77.9 Å². The molecular weight excluding hydrogens is 1540 g/mol. The fraction of sp³-hybridized carbons (Fsp3) is 0. The van der Waals surface area contributed by atoms with Gasteiger partial charge in [-0.15, -0.1) is 0 Å². The summed E-state index contributed by atoms with van der Waals surface area (Å²) >= 11 is 0. The van der Waals surface area contributed by atoms with Crippen molar-refractivity contribution in [1.29, 1.82) is 5.26 Å². The van der Waals surface area contributed by atoms with E-state index in [4.69, 9.17) is 9.97 Å². The number of benzene rings is 18. The van der Waals surface area contributed by atoms with E-state index in [1.165, 1.54) is 0 Å². The number of aromatic nitrogens is 7. The summed E-state index contributed by atoms with van der Waals surface area (Å²) in [6.45, 7) is 0. The molecule has 127 heavy (non-hydrogen) atoms. The summed E-state index contributed by atoms with van der Waals surface area (Å²) in [7, 11) is 0. The number of nitriles is 1. The third-order valence-electron chi connectivity index (χ3n) is 26.1. The van der Waals surface area contributed by atoms with Crippen LogP contribution < -0.4 is 0 Å². The van der Waals surface area contributed by atoms with Crippen molar-refractivity contribution in [2.24, 2.45) is 0 Å². The van der Waals surface area contributed by atoms with Gasteiger partial charge in [-0.3, -0.25) is 9.97 Å². The van der Waals surface area contributed by atoms with Gasteiger partial charge in [0.1, 0.15) is 11.6 Å². The zero-order chi connectivity index (χ0) is 83.7. The smallest absolute Gasteiger partial charge is 0.104 e. The molecule has 0 saturated heterocycles. The Hall–Kier alpha value is -17.3. The summed E-state index contributed by atoms with van der Waals surface area (Å²) in [5.41, 5.74) is 33.1. The molecule has 0 spiro atoms. The van der Waals surface area contributed by atoms with Gasteiger partial charge in [-0.2, -0.15) is 5.26 Å². The lowest BCUT2D eigenvalue weighted by atomic mass is 9.93. The molecule has 25 rings (SSSR count). The fourth-order valence-corrected chi connectivity index (χ4v) is 20.3. The number of pyridine rings is 2. The molecule has 0 atom stereocenters. The molecule has 0 radical (unpaired) electrons. The molecule has 0 unspecified atom stereocenters. The van der Waals surface area contributed by atoms with Gasteiger partial charge in [0.15, 0.2) is 0 Å². The Labute approximate surface area is 731 Å². The van der Waals surface area contributed by atoms with E-state index in [9.17, 15) is 5.26 Å². The maximum atomic E-state index is 14.3. The molecule has 0 amide bonds. The van der Waals surface area contributed by atoms with Crippen molar-refractivity contribution in [2.45, 2.75) is 0 Å². The monoisotopic (exact) mass is 1610 g/mol. The maximum Gasteiger partial charge on any atom is 0.104 e. The molecule has 0 bridgehead atoms. The van der Waals surface area contributed by atoms with Crippen LogP contribution in [0.15, 0.2) is 449 Å². The number of hydrogen-bond acceptors (Lipinski definition) is 3. The number of rotatable bonds is 14. The minimum atomic E-state index is 0.447. The third-order valence-corrected chi connectivity index (χ3v) is 26.1. The number of nitrogens with zero attached hydrogens (tertiary/aromatic N) is 8. The van der Waals surface area contributed by atoms with E-state index in [1.807, 2.05) is 24.8 Å². The Morgan fingerprint density at radius 3 is 0.583 bits per heavy atom. The van der Waals surface area contributed by atoms with Crippen molar-refractivity contribution >= 4 is 109 Å². The van der Waals surface area contributed by atoms with E-state index in [0.29, 0.717) is 16.9 Å². The van der Waals surface area contributed by atoms with Crippen LogP contribution in [0.25, 0.3) is 238 Å². The van der Waals surface area contributed by atoms with Crippen LogP contribution in [0.3, 0.4) is 0 Å². The number of fused-ring (bicyclic) bond motifs is 15. The molecule has 590 valence electrons. The molecule has 7 heterocycles. The first kappa shape index (κ1) is 72.6. The van der Waals surface area contributed by atoms with E-state index in [1.54, 1.807) is 0 Å². The summed E-state index contributed by atoms with van der Waals surface area (Å²) in [5, 5.41) is 24.6. The van der Waals surface area contributed by atoms with Crippen LogP contribution in [-0.2, 0) is 0 Å². The topological polar surface area (TPSA) is 74.2 Å². The van der Waals surface area contributed by atoms with Crippen molar-refractivity contribution < 1.29 is 0 Å². The Morgan fingerprint density at radius 1 is 0.173 bits per heavy atom. The molecular formula is C119H74N8. The Morgan fingerprint density at radius 2 is 0.370 bits per heavy atom. The van der Waals surface area contributed by atoms with E-state index in [2.05, 4.69) is 454 Å². The molecule has 0 N–H and O–H groups in total. The summed E-state index contributed by atoms with van der Waals surface area (Å²) in [6.07, 6.45) is 7.67. The zero-order valence-corrected chi connectivity index (χ0v) is 68.8. The van der Waals surface area contributed by atoms with E-state index < -0.39 is 0 Å². The van der Waals surface area contributed by atoms with Crippen molar-refractivity contribution in [1.82, 2.24) is 32.8 Å². The normalized spacial score (nSPS) is 11.8. The van der Waals surface area contributed by atoms with Crippen LogP contribution in [0, 0.1) is 11.3 Å².